The predicted molar refractivity (Wildman–Crippen MR) is 117 cm³/mol. The third kappa shape index (κ3) is 4.82. The van der Waals surface area contributed by atoms with Crippen molar-refractivity contribution in [1.82, 2.24) is 15.3 Å². The Morgan fingerprint density at radius 1 is 1.24 bits per heavy atom. The van der Waals surface area contributed by atoms with Gasteiger partial charge in [0, 0.05) is 59.4 Å². The van der Waals surface area contributed by atoms with Crippen LogP contribution in [0.1, 0.15) is 46.2 Å². The molecular weight excluding hydrogens is 364 g/mol. The molecule has 2 unspecified atom stereocenters. The molecule has 6 heteroatoms. The second-order valence-electron chi connectivity index (χ2n) is 7.51. The molecule has 6 nitrogen and oxygen atoms in total. The highest BCUT2D eigenvalue weighted by molar-refractivity contribution is 5.95. The SMILES string of the molecule is CC.CC1=CC(C(C)CO)NC=C1c1cc2cnc(NC(=O)C3CC3)cc2cn1. The largest absolute Gasteiger partial charge is 0.396 e. The fraction of sp³-hybridized carbons (Fsp3) is 0.435. The van der Waals surface area contributed by atoms with E-state index in [2.05, 4.69) is 33.6 Å². The number of rotatable bonds is 5. The quantitative estimate of drug-likeness (QED) is 0.716. The van der Waals surface area contributed by atoms with Crippen LogP contribution in [0.25, 0.3) is 16.3 Å². The number of dihydropyridines is 1. The second-order valence-corrected chi connectivity index (χ2v) is 7.51. The number of carbonyl (C=O) groups excluding carboxylic acids is 1. The summed E-state index contributed by atoms with van der Waals surface area (Å²) in [7, 11) is 0. The lowest BCUT2D eigenvalue weighted by atomic mass is 9.93. The summed E-state index contributed by atoms with van der Waals surface area (Å²) in [6, 6.07) is 4.00. The molecule has 0 radical (unpaired) electrons. The normalized spacial score (nSPS) is 19.3. The van der Waals surface area contributed by atoms with E-state index in [9.17, 15) is 9.90 Å². The van der Waals surface area contributed by atoms with E-state index in [4.69, 9.17) is 0 Å². The van der Waals surface area contributed by atoms with Crippen molar-refractivity contribution in [3.8, 4) is 0 Å². The van der Waals surface area contributed by atoms with Crippen LogP contribution in [0.4, 0.5) is 5.82 Å². The molecule has 29 heavy (non-hydrogen) atoms. The third-order valence-corrected chi connectivity index (χ3v) is 5.25. The number of nitrogens with one attached hydrogen (secondary N) is 2. The van der Waals surface area contributed by atoms with Crippen LogP contribution in [0.3, 0.4) is 0 Å². The molecule has 1 fully saturated rings. The number of pyridine rings is 2. The summed E-state index contributed by atoms with van der Waals surface area (Å²) in [6.07, 6.45) is 9.64. The molecule has 1 saturated carbocycles. The van der Waals surface area contributed by atoms with E-state index in [1.807, 2.05) is 45.3 Å². The molecule has 3 heterocycles. The molecule has 3 N–H and O–H groups in total. The average Bonchev–Trinajstić information content (AvgIpc) is 3.60. The van der Waals surface area contributed by atoms with Gasteiger partial charge >= 0.3 is 0 Å². The van der Waals surface area contributed by atoms with Gasteiger partial charge in [-0.2, -0.15) is 0 Å². The van der Waals surface area contributed by atoms with Crippen molar-refractivity contribution < 1.29 is 9.90 Å². The number of amides is 1. The lowest BCUT2D eigenvalue weighted by Crippen LogP contribution is -2.34. The highest BCUT2D eigenvalue weighted by atomic mass is 16.3. The first-order valence-corrected chi connectivity index (χ1v) is 10.4. The molecule has 0 bridgehead atoms. The van der Waals surface area contributed by atoms with Gasteiger partial charge in [-0.1, -0.05) is 26.8 Å². The van der Waals surface area contributed by atoms with Gasteiger partial charge in [0.25, 0.3) is 0 Å². The average molecular weight is 395 g/mol. The Hall–Kier alpha value is -2.73. The fourth-order valence-electron chi connectivity index (χ4n) is 3.25. The Morgan fingerprint density at radius 3 is 2.59 bits per heavy atom. The number of carbonyl (C=O) groups is 1. The van der Waals surface area contributed by atoms with E-state index in [1.165, 1.54) is 0 Å². The molecule has 1 amide bonds. The van der Waals surface area contributed by atoms with Crippen LogP contribution in [0.5, 0.6) is 0 Å². The number of hydrogen-bond donors (Lipinski definition) is 3. The molecular formula is C23H30N4O2. The summed E-state index contributed by atoms with van der Waals surface area (Å²) in [5.41, 5.74) is 3.03. The monoisotopic (exact) mass is 394 g/mol. The van der Waals surface area contributed by atoms with Crippen molar-refractivity contribution in [1.29, 1.82) is 0 Å². The molecule has 1 aliphatic heterocycles. The van der Waals surface area contributed by atoms with Gasteiger partial charge in [0.05, 0.1) is 5.69 Å². The first-order chi connectivity index (χ1) is 14.0. The zero-order valence-electron chi connectivity index (χ0n) is 17.6. The van der Waals surface area contributed by atoms with Crippen LogP contribution in [-0.4, -0.2) is 33.6 Å². The Bertz CT molecular complexity index is 947. The standard InChI is InChI=1S/C21H24N4O2.C2H6/c1-12-5-18(13(2)11-26)23-10-17(12)19-6-15-9-24-20(7-16(15)8-22-19)25-21(27)14-3-4-14;1-2/h5-10,13-14,18,23,26H,3-4,11H2,1-2H3,(H,24,25,27);1-2H3. The smallest absolute Gasteiger partial charge is 0.228 e. The summed E-state index contributed by atoms with van der Waals surface area (Å²) in [5.74, 6) is 0.929. The van der Waals surface area contributed by atoms with Gasteiger partial charge in [-0.05, 0) is 37.5 Å². The first kappa shape index (κ1) is 21.0. The summed E-state index contributed by atoms with van der Waals surface area (Å²) < 4.78 is 0. The van der Waals surface area contributed by atoms with E-state index >= 15 is 0 Å². The van der Waals surface area contributed by atoms with E-state index in [0.717, 1.165) is 40.5 Å². The van der Waals surface area contributed by atoms with Crippen LogP contribution in [0.15, 0.2) is 42.4 Å². The maximum atomic E-state index is 11.9. The maximum Gasteiger partial charge on any atom is 0.228 e. The molecule has 4 rings (SSSR count). The second kappa shape index (κ2) is 9.18. The molecule has 2 aliphatic rings. The number of nitrogens with zero attached hydrogens (tertiary/aromatic N) is 2. The van der Waals surface area contributed by atoms with Gasteiger partial charge in [0.1, 0.15) is 5.82 Å². The third-order valence-electron chi connectivity index (χ3n) is 5.25. The van der Waals surface area contributed by atoms with Gasteiger partial charge in [0.15, 0.2) is 0 Å². The molecule has 154 valence electrons. The Labute approximate surface area is 172 Å². The summed E-state index contributed by atoms with van der Waals surface area (Å²) in [4.78, 5) is 20.9. The van der Waals surface area contributed by atoms with Crippen molar-refractivity contribution in [3.05, 3.63) is 48.1 Å². The summed E-state index contributed by atoms with van der Waals surface area (Å²) in [6.45, 7) is 8.22. The van der Waals surface area contributed by atoms with Crippen LogP contribution in [0.2, 0.25) is 0 Å². The highest BCUT2D eigenvalue weighted by Gasteiger charge is 2.29. The lowest BCUT2D eigenvalue weighted by molar-refractivity contribution is -0.117. The Morgan fingerprint density at radius 2 is 1.93 bits per heavy atom. The van der Waals surface area contributed by atoms with Gasteiger partial charge in [-0.25, -0.2) is 4.98 Å². The van der Waals surface area contributed by atoms with Gasteiger partial charge in [-0.15, -0.1) is 0 Å². The van der Waals surface area contributed by atoms with Crippen molar-refractivity contribution in [2.45, 2.75) is 46.6 Å². The fourth-order valence-corrected chi connectivity index (χ4v) is 3.25. The highest BCUT2D eigenvalue weighted by Crippen LogP contribution is 2.31. The molecule has 0 aromatic carbocycles. The van der Waals surface area contributed by atoms with Gasteiger partial charge in [0.2, 0.25) is 5.91 Å². The number of fused-ring (bicyclic) bond motifs is 1. The lowest BCUT2D eigenvalue weighted by Gasteiger charge is -2.25. The Kier molecular flexibility index (Phi) is 6.64. The minimum atomic E-state index is 0.0530. The minimum Gasteiger partial charge on any atom is -0.396 e. The zero-order chi connectivity index (χ0) is 21.0. The van der Waals surface area contributed by atoms with Crippen LogP contribution >= 0.6 is 0 Å². The number of aliphatic hydroxyl groups is 1. The molecule has 2 aromatic heterocycles. The van der Waals surface area contributed by atoms with Crippen LogP contribution < -0.4 is 10.6 Å². The molecule has 2 atom stereocenters. The van der Waals surface area contributed by atoms with E-state index in [-0.39, 0.29) is 30.4 Å². The van der Waals surface area contributed by atoms with Gasteiger partial charge in [-0.3, -0.25) is 9.78 Å². The van der Waals surface area contributed by atoms with E-state index in [0.29, 0.717) is 5.82 Å². The number of hydrogen-bond acceptors (Lipinski definition) is 5. The summed E-state index contributed by atoms with van der Waals surface area (Å²) >= 11 is 0. The molecule has 1 aliphatic carbocycles. The molecule has 0 saturated heterocycles. The summed E-state index contributed by atoms with van der Waals surface area (Å²) in [5, 5.41) is 17.5. The number of allylic oxidation sites excluding steroid dienone is 2. The van der Waals surface area contributed by atoms with Gasteiger partial charge < -0.3 is 15.7 Å². The molecule has 2 aromatic rings. The predicted octanol–water partition coefficient (Wildman–Crippen LogP) is 3.89. The number of aromatic nitrogens is 2. The van der Waals surface area contributed by atoms with Crippen molar-refractivity contribution in [2.24, 2.45) is 11.8 Å². The van der Waals surface area contributed by atoms with Crippen molar-refractivity contribution in [3.63, 3.8) is 0 Å². The van der Waals surface area contributed by atoms with E-state index < -0.39 is 0 Å². The van der Waals surface area contributed by atoms with Crippen LogP contribution in [0, 0.1) is 11.8 Å². The molecule has 0 spiro atoms. The first-order valence-electron chi connectivity index (χ1n) is 10.4. The topological polar surface area (TPSA) is 87.1 Å². The zero-order valence-corrected chi connectivity index (χ0v) is 17.6. The van der Waals surface area contributed by atoms with Crippen molar-refractivity contribution in [2.75, 3.05) is 11.9 Å². The van der Waals surface area contributed by atoms with Crippen LogP contribution in [-0.2, 0) is 4.79 Å². The number of aliphatic hydroxyl groups excluding tert-OH is 1. The minimum absolute atomic E-state index is 0.0530. The number of anilines is 1. The van der Waals surface area contributed by atoms with E-state index in [1.54, 1.807) is 6.20 Å². The maximum absolute atomic E-state index is 11.9. The Balaban J connectivity index is 0.00000117. The van der Waals surface area contributed by atoms with Crippen molar-refractivity contribution >= 4 is 28.1 Å².